The molecule has 4 heterocycles. The van der Waals surface area contributed by atoms with Gasteiger partial charge in [-0.2, -0.15) is 0 Å². The fourth-order valence-electron chi connectivity index (χ4n) is 3.04. The van der Waals surface area contributed by atoms with Gasteiger partial charge in [-0.05, 0) is 25.1 Å². The molecule has 0 fully saturated rings. The molecule has 0 N–H and O–H groups in total. The van der Waals surface area contributed by atoms with Gasteiger partial charge in [-0.15, -0.1) is 0 Å². The Morgan fingerprint density at radius 2 is 2.28 bits per heavy atom. The summed E-state index contributed by atoms with van der Waals surface area (Å²) in [4.78, 5) is 18.6. The third-order valence-electron chi connectivity index (χ3n) is 4.23. The molecule has 7 heteroatoms. The fourth-order valence-corrected chi connectivity index (χ4v) is 3.04. The summed E-state index contributed by atoms with van der Waals surface area (Å²) in [6.45, 7) is 3.29. The van der Waals surface area contributed by atoms with Crippen LogP contribution in [0.15, 0.2) is 53.3 Å². The number of hydrogen-bond acceptors (Lipinski definition) is 5. The van der Waals surface area contributed by atoms with Gasteiger partial charge < -0.3 is 18.7 Å². The molecule has 0 radical (unpaired) electrons. The number of nitrogens with zero attached hydrogens (tertiary/aromatic N) is 4. The Bertz CT molecular complexity index is 871. The number of ether oxygens (including phenoxy) is 1. The lowest BCUT2D eigenvalue weighted by atomic mass is 10.2. The summed E-state index contributed by atoms with van der Waals surface area (Å²) in [5.41, 5.74) is 1.75. The molecular formula is C18H18N4O3. The van der Waals surface area contributed by atoms with E-state index in [0.717, 1.165) is 5.69 Å². The number of aromatic nitrogens is 3. The van der Waals surface area contributed by atoms with Crippen molar-refractivity contribution in [2.24, 2.45) is 0 Å². The molecule has 128 valence electrons. The molecule has 0 aliphatic carbocycles. The predicted octanol–water partition coefficient (Wildman–Crippen LogP) is 2.46. The van der Waals surface area contributed by atoms with E-state index in [2.05, 4.69) is 14.7 Å². The van der Waals surface area contributed by atoms with E-state index in [-0.39, 0.29) is 17.7 Å². The van der Waals surface area contributed by atoms with Crippen molar-refractivity contribution in [3.05, 3.63) is 65.9 Å². The van der Waals surface area contributed by atoms with Gasteiger partial charge in [0.2, 0.25) is 11.6 Å². The summed E-state index contributed by atoms with van der Waals surface area (Å²) in [6, 6.07) is 11.2. The van der Waals surface area contributed by atoms with Gasteiger partial charge in [0.1, 0.15) is 6.61 Å². The van der Waals surface area contributed by atoms with Crippen LogP contribution in [-0.4, -0.2) is 38.7 Å². The Labute approximate surface area is 144 Å². The van der Waals surface area contributed by atoms with Crippen LogP contribution in [0.4, 0.5) is 0 Å². The van der Waals surface area contributed by atoms with Gasteiger partial charge in [-0.3, -0.25) is 4.79 Å². The Kier molecular flexibility index (Phi) is 3.97. The first-order valence-electron chi connectivity index (χ1n) is 8.13. The SMILES string of the molecule is Cc1cc(C(=O)N2Cc3cccn3C(COc3ccccn3)C2)on1. The number of fused-ring (bicyclic) bond motifs is 1. The zero-order valence-electron chi connectivity index (χ0n) is 13.8. The molecule has 0 saturated carbocycles. The molecule has 1 aliphatic heterocycles. The van der Waals surface area contributed by atoms with Crippen LogP contribution < -0.4 is 4.74 Å². The van der Waals surface area contributed by atoms with Crippen molar-refractivity contribution in [3.63, 3.8) is 0 Å². The summed E-state index contributed by atoms with van der Waals surface area (Å²) in [7, 11) is 0. The zero-order chi connectivity index (χ0) is 17.2. The quantitative estimate of drug-likeness (QED) is 0.730. The molecule has 3 aromatic rings. The van der Waals surface area contributed by atoms with Gasteiger partial charge in [0.25, 0.3) is 5.91 Å². The number of carbonyl (C=O) groups excluding carboxylic acids is 1. The van der Waals surface area contributed by atoms with Crippen molar-refractivity contribution in [2.45, 2.75) is 19.5 Å². The van der Waals surface area contributed by atoms with Crippen molar-refractivity contribution in [2.75, 3.05) is 13.2 Å². The van der Waals surface area contributed by atoms with E-state index in [1.54, 1.807) is 24.1 Å². The predicted molar refractivity (Wildman–Crippen MR) is 89.2 cm³/mol. The van der Waals surface area contributed by atoms with Crippen molar-refractivity contribution in [1.82, 2.24) is 19.6 Å². The van der Waals surface area contributed by atoms with Crippen LogP contribution in [0.5, 0.6) is 5.88 Å². The third kappa shape index (κ3) is 3.13. The fraction of sp³-hybridized carbons (Fsp3) is 0.278. The zero-order valence-corrected chi connectivity index (χ0v) is 13.8. The minimum atomic E-state index is -0.157. The van der Waals surface area contributed by atoms with Crippen LogP contribution in [0, 0.1) is 6.92 Å². The minimum absolute atomic E-state index is 0.00808. The topological polar surface area (TPSA) is 73.4 Å². The molecule has 0 bridgehead atoms. The van der Waals surface area contributed by atoms with Crippen molar-refractivity contribution in [1.29, 1.82) is 0 Å². The standard InChI is InChI=1S/C18H18N4O3/c1-13-9-16(25-20-13)18(23)21-10-14-5-4-8-22(14)15(11-21)12-24-17-6-2-3-7-19-17/h2-9,15H,10-12H2,1H3. The summed E-state index contributed by atoms with van der Waals surface area (Å²) < 4.78 is 13.1. The number of amides is 1. The van der Waals surface area contributed by atoms with Gasteiger partial charge in [-0.25, -0.2) is 4.98 Å². The molecular weight excluding hydrogens is 320 g/mol. The van der Waals surface area contributed by atoms with Gasteiger partial charge in [0.15, 0.2) is 0 Å². The third-order valence-corrected chi connectivity index (χ3v) is 4.23. The lowest BCUT2D eigenvalue weighted by Gasteiger charge is -2.34. The van der Waals surface area contributed by atoms with Gasteiger partial charge in [0, 0.05) is 36.8 Å². The molecule has 1 unspecified atom stereocenters. The lowest BCUT2D eigenvalue weighted by Crippen LogP contribution is -2.42. The average Bonchev–Trinajstić information content (AvgIpc) is 3.28. The second kappa shape index (κ2) is 6.43. The minimum Gasteiger partial charge on any atom is -0.475 e. The van der Waals surface area contributed by atoms with E-state index in [0.29, 0.717) is 31.3 Å². The van der Waals surface area contributed by atoms with Crippen LogP contribution >= 0.6 is 0 Å². The Morgan fingerprint density at radius 3 is 3.04 bits per heavy atom. The molecule has 4 rings (SSSR count). The van der Waals surface area contributed by atoms with Crippen molar-refractivity contribution < 1.29 is 14.1 Å². The van der Waals surface area contributed by atoms with Gasteiger partial charge >= 0.3 is 0 Å². The summed E-state index contributed by atoms with van der Waals surface area (Å²) >= 11 is 0. The molecule has 3 aromatic heterocycles. The monoisotopic (exact) mass is 338 g/mol. The molecule has 7 nitrogen and oxygen atoms in total. The highest BCUT2D eigenvalue weighted by atomic mass is 16.5. The van der Waals surface area contributed by atoms with E-state index >= 15 is 0 Å². The number of pyridine rings is 1. The molecule has 0 aromatic carbocycles. The summed E-state index contributed by atoms with van der Waals surface area (Å²) in [6.07, 6.45) is 3.71. The highest BCUT2D eigenvalue weighted by molar-refractivity contribution is 5.91. The van der Waals surface area contributed by atoms with Crippen molar-refractivity contribution >= 4 is 5.91 Å². The lowest BCUT2D eigenvalue weighted by molar-refractivity contribution is 0.0605. The maximum Gasteiger partial charge on any atom is 0.292 e. The van der Waals surface area contributed by atoms with Gasteiger partial charge in [0.05, 0.1) is 18.3 Å². The van der Waals surface area contributed by atoms with E-state index in [9.17, 15) is 4.79 Å². The maximum atomic E-state index is 12.7. The Balaban J connectivity index is 1.52. The first kappa shape index (κ1) is 15.4. The number of rotatable bonds is 4. The van der Waals surface area contributed by atoms with E-state index in [1.807, 2.05) is 36.5 Å². The van der Waals surface area contributed by atoms with Crippen molar-refractivity contribution in [3.8, 4) is 5.88 Å². The molecule has 0 saturated heterocycles. The smallest absolute Gasteiger partial charge is 0.292 e. The highest BCUT2D eigenvalue weighted by Crippen LogP contribution is 2.24. The normalized spacial score (nSPS) is 16.5. The first-order valence-corrected chi connectivity index (χ1v) is 8.13. The first-order chi connectivity index (χ1) is 12.2. The second-order valence-corrected chi connectivity index (χ2v) is 6.06. The average molecular weight is 338 g/mol. The number of carbonyl (C=O) groups is 1. The maximum absolute atomic E-state index is 12.7. The van der Waals surface area contributed by atoms with Crippen LogP contribution in [0.25, 0.3) is 0 Å². The van der Waals surface area contributed by atoms with E-state index < -0.39 is 0 Å². The molecule has 1 amide bonds. The largest absolute Gasteiger partial charge is 0.475 e. The molecule has 0 spiro atoms. The van der Waals surface area contributed by atoms with Crippen LogP contribution in [0.1, 0.15) is 28.0 Å². The van der Waals surface area contributed by atoms with Crippen LogP contribution in [0.2, 0.25) is 0 Å². The second-order valence-electron chi connectivity index (χ2n) is 6.06. The molecule has 1 atom stereocenters. The Morgan fingerprint density at radius 1 is 1.36 bits per heavy atom. The van der Waals surface area contributed by atoms with Crippen LogP contribution in [-0.2, 0) is 6.54 Å². The van der Waals surface area contributed by atoms with E-state index in [1.165, 1.54) is 0 Å². The number of aryl methyl sites for hydroxylation is 1. The van der Waals surface area contributed by atoms with Crippen LogP contribution in [0.3, 0.4) is 0 Å². The molecule has 25 heavy (non-hydrogen) atoms. The molecule has 1 aliphatic rings. The summed E-state index contributed by atoms with van der Waals surface area (Å²) in [5.74, 6) is 0.684. The number of hydrogen-bond donors (Lipinski definition) is 0. The summed E-state index contributed by atoms with van der Waals surface area (Å²) in [5, 5.41) is 3.80. The Hall–Kier alpha value is -3.09. The van der Waals surface area contributed by atoms with Gasteiger partial charge in [-0.1, -0.05) is 11.2 Å². The highest BCUT2D eigenvalue weighted by Gasteiger charge is 2.30. The van der Waals surface area contributed by atoms with E-state index in [4.69, 9.17) is 9.26 Å².